The summed E-state index contributed by atoms with van der Waals surface area (Å²) in [6, 6.07) is 35.6. The molecule has 0 saturated heterocycles. The van der Waals surface area contributed by atoms with Crippen molar-refractivity contribution in [2.24, 2.45) is 0 Å². The molecule has 2 heterocycles. The van der Waals surface area contributed by atoms with E-state index in [4.69, 9.17) is 16.8 Å². The van der Waals surface area contributed by atoms with Crippen molar-refractivity contribution in [1.82, 2.24) is 14.5 Å². The van der Waals surface area contributed by atoms with Crippen molar-refractivity contribution in [1.29, 1.82) is 0 Å². The molecule has 0 aliphatic heterocycles. The zero-order valence-electron chi connectivity index (χ0n) is 38.5. The molecule has 8 rings (SSSR count). The molecule has 282 valence electrons. The molecule has 0 bridgehead atoms. The van der Waals surface area contributed by atoms with Gasteiger partial charge in [0.05, 0.1) is 23.5 Å². The van der Waals surface area contributed by atoms with Gasteiger partial charge < -0.3 is 5.11 Å². The van der Waals surface area contributed by atoms with Crippen LogP contribution in [0.1, 0.15) is 71.0 Å². The molecule has 56 heavy (non-hydrogen) atoms. The molecule has 8 aromatic rings. The van der Waals surface area contributed by atoms with Crippen LogP contribution in [0.3, 0.4) is 0 Å². The first-order valence-electron chi connectivity index (χ1n) is 21.5. The van der Waals surface area contributed by atoms with Gasteiger partial charge in [0.2, 0.25) is 0 Å². The van der Waals surface area contributed by atoms with Crippen LogP contribution < -0.4 is 0 Å². The molecule has 4 nitrogen and oxygen atoms in total. The molecule has 0 aliphatic carbocycles. The van der Waals surface area contributed by atoms with Crippen LogP contribution in [0.2, 0.25) is 0 Å². The summed E-state index contributed by atoms with van der Waals surface area (Å²) in [6.07, 6.45) is 1.59. The normalized spacial score (nSPS) is 13.3. The number of fused-ring (bicyclic) bond motifs is 1. The van der Waals surface area contributed by atoms with Crippen molar-refractivity contribution in [2.45, 2.75) is 59.8 Å². The van der Waals surface area contributed by atoms with Crippen molar-refractivity contribution in [2.75, 3.05) is 0 Å². The van der Waals surface area contributed by atoms with Crippen LogP contribution in [0.25, 0.3) is 72.7 Å². The molecular weight excluding hydrogens is 866 g/mol. The van der Waals surface area contributed by atoms with Gasteiger partial charge in [-0.15, -0.1) is 29.3 Å². The summed E-state index contributed by atoms with van der Waals surface area (Å²) in [4.78, 5) is 10.1. The number of hydrogen-bond acceptors (Lipinski definition) is 3. The predicted molar refractivity (Wildman–Crippen MR) is 229 cm³/mol. The Kier molecular flexibility index (Phi) is 8.76. The van der Waals surface area contributed by atoms with Crippen LogP contribution >= 0.6 is 0 Å². The number of phenolic OH excluding ortho intramolecular Hbond substituents is 1. The number of benzene rings is 6. The fourth-order valence-corrected chi connectivity index (χ4v) is 7.26. The van der Waals surface area contributed by atoms with Gasteiger partial charge in [-0.3, -0.25) is 9.55 Å². The number of pyridine rings is 1. The second-order valence-electron chi connectivity index (χ2n) is 15.4. The fraction of sp³-hybridized carbons (Fsp3) is 0.176. The van der Waals surface area contributed by atoms with Gasteiger partial charge in [-0.2, -0.15) is 0 Å². The Hall–Kier alpha value is -5.57. The standard InChI is InChI=1S/C51H46N3O.Pt/c1-32(2)44-31-41(21-22-42(44)36-17-12-9-13-18-36)54-47-20-14-19-43(48(47)53-50(54)45-26-33(3)25-34(4)49(45)55)38-27-39(29-40(28-38)51(5,6)7)46-30-37(23-24-52-46)35-15-10-8-11-16-35;/h8-26,28-32,55H,1-7H3;/q-1;/i8D,10D,11D,15D,16D,32D;. The molecule has 5 heteroatoms. The topological polar surface area (TPSA) is 50.9 Å². The van der Waals surface area contributed by atoms with Crippen LogP contribution in [0.5, 0.6) is 5.75 Å². The van der Waals surface area contributed by atoms with Crippen molar-refractivity contribution in [3.05, 3.63) is 168 Å². The smallest absolute Gasteiger partial charge is 0.148 e. The number of aromatic hydroxyl groups is 1. The molecule has 0 fully saturated rings. The van der Waals surface area contributed by atoms with E-state index in [1.54, 1.807) is 18.3 Å². The predicted octanol–water partition coefficient (Wildman–Crippen LogP) is 13.3. The van der Waals surface area contributed by atoms with Gasteiger partial charge in [-0.25, -0.2) is 4.98 Å². The molecule has 0 unspecified atom stereocenters. The number of hydrogen-bond donors (Lipinski definition) is 1. The maximum atomic E-state index is 11.7. The van der Waals surface area contributed by atoms with Gasteiger partial charge in [0, 0.05) is 40.0 Å². The van der Waals surface area contributed by atoms with Crippen LogP contribution in [-0.4, -0.2) is 19.6 Å². The number of para-hydroxylation sites is 1. The maximum absolute atomic E-state index is 11.7. The van der Waals surface area contributed by atoms with Crippen molar-refractivity contribution >= 4 is 11.0 Å². The molecule has 0 aliphatic rings. The molecule has 0 saturated carbocycles. The first-order valence-corrected chi connectivity index (χ1v) is 18.5. The Bertz CT molecular complexity index is 3010. The summed E-state index contributed by atoms with van der Waals surface area (Å²) in [5, 5.41) is 11.7. The third kappa shape index (κ3) is 7.39. The first-order chi connectivity index (χ1) is 28.8. The monoisotopic (exact) mass is 917 g/mol. The van der Waals surface area contributed by atoms with Gasteiger partial charge >= 0.3 is 0 Å². The van der Waals surface area contributed by atoms with Gasteiger partial charge in [0.1, 0.15) is 11.6 Å². The minimum atomic E-state index is -0.947. The summed E-state index contributed by atoms with van der Waals surface area (Å²) in [6.45, 7) is 14.1. The summed E-state index contributed by atoms with van der Waals surface area (Å²) in [5.74, 6) is -0.259. The molecule has 0 radical (unpaired) electrons. The van der Waals surface area contributed by atoms with E-state index in [1.807, 2.05) is 88.4 Å². The minimum Gasteiger partial charge on any atom is -0.507 e. The Morgan fingerprint density at radius 2 is 1.50 bits per heavy atom. The van der Waals surface area contributed by atoms with Crippen molar-refractivity contribution in [3.8, 4) is 67.5 Å². The number of aromatic nitrogens is 3. The second-order valence-corrected chi connectivity index (χ2v) is 15.4. The summed E-state index contributed by atoms with van der Waals surface area (Å²) in [5.41, 5.74) is 11.4. The Labute approximate surface area is 353 Å². The number of aryl methyl sites for hydroxylation is 2. The van der Waals surface area contributed by atoms with E-state index >= 15 is 0 Å². The van der Waals surface area contributed by atoms with E-state index in [2.05, 4.69) is 61.7 Å². The second kappa shape index (κ2) is 15.5. The van der Waals surface area contributed by atoms with Crippen molar-refractivity contribution in [3.63, 3.8) is 0 Å². The van der Waals surface area contributed by atoms with Crippen molar-refractivity contribution < 1.29 is 34.4 Å². The zero-order chi connectivity index (χ0) is 43.7. The molecular formula is C51H46N3OPt-. The molecule has 0 atom stereocenters. The summed E-state index contributed by atoms with van der Waals surface area (Å²) >= 11 is 0. The van der Waals surface area contributed by atoms with Gasteiger partial charge in [0.15, 0.2) is 0 Å². The molecule has 0 amide bonds. The van der Waals surface area contributed by atoms with Crippen LogP contribution in [-0.2, 0) is 26.5 Å². The third-order valence-corrected chi connectivity index (χ3v) is 10.1. The maximum Gasteiger partial charge on any atom is 0.148 e. The Morgan fingerprint density at radius 3 is 2.23 bits per heavy atom. The van der Waals surface area contributed by atoms with Crippen LogP contribution in [0.4, 0.5) is 0 Å². The van der Waals surface area contributed by atoms with E-state index < -0.39 is 24.0 Å². The van der Waals surface area contributed by atoms with Gasteiger partial charge in [-0.1, -0.05) is 137 Å². The summed E-state index contributed by atoms with van der Waals surface area (Å²) in [7, 11) is 0. The zero-order valence-corrected chi connectivity index (χ0v) is 34.8. The van der Waals surface area contributed by atoms with E-state index in [-0.39, 0.29) is 49.9 Å². The van der Waals surface area contributed by atoms with E-state index in [0.717, 1.165) is 55.7 Å². The van der Waals surface area contributed by atoms with E-state index in [1.165, 1.54) is 0 Å². The Balaban J connectivity index is 0.00000578. The third-order valence-electron chi connectivity index (χ3n) is 10.1. The molecule has 6 aromatic carbocycles. The number of nitrogens with zero attached hydrogens (tertiary/aromatic N) is 3. The van der Waals surface area contributed by atoms with Crippen LogP contribution in [0.15, 0.2) is 140 Å². The SMILES string of the molecule is [2H]c1c([2H])c([2H])c(-c2ccnc(-c3[c-]c(-c4cccc5c4nc(-c4cc(C)cc(C)c4O)n5-c4ccc(-c5ccccc5)c(C([2H])(C)C)c4)cc(C(C)(C)C)c3)c2)c([2H])c1[2H].[Pt]. The van der Waals surface area contributed by atoms with E-state index in [0.29, 0.717) is 33.7 Å². The van der Waals surface area contributed by atoms with Gasteiger partial charge in [-0.05, 0) is 94.4 Å². The Morgan fingerprint density at radius 1 is 0.750 bits per heavy atom. The largest absolute Gasteiger partial charge is 0.507 e. The average Bonchev–Trinajstić information content (AvgIpc) is 3.62. The first kappa shape index (κ1) is 31.6. The quantitative estimate of drug-likeness (QED) is 0.162. The molecule has 0 spiro atoms. The average molecular weight is 918 g/mol. The number of rotatable bonds is 7. The minimum absolute atomic E-state index is 0. The summed E-state index contributed by atoms with van der Waals surface area (Å²) < 4.78 is 53.2. The fourth-order valence-electron chi connectivity index (χ4n) is 7.26. The number of phenols is 1. The molecule has 1 N–H and O–H groups in total. The number of imidazole rings is 1. The molecule has 2 aromatic heterocycles. The van der Waals surface area contributed by atoms with Gasteiger partial charge in [0.25, 0.3) is 0 Å². The van der Waals surface area contributed by atoms with E-state index in [9.17, 15) is 6.48 Å². The van der Waals surface area contributed by atoms with Crippen LogP contribution in [0, 0.1) is 19.9 Å².